The van der Waals surface area contributed by atoms with Crippen LogP contribution in [0.15, 0.2) is 36.5 Å². The molecule has 1 aliphatic carbocycles. The van der Waals surface area contributed by atoms with Crippen molar-refractivity contribution in [2.75, 3.05) is 11.9 Å². The van der Waals surface area contributed by atoms with Crippen molar-refractivity contribution in [3.05, 3.63) is 47.7 Å². The second-order valence-corrected chi connectivity index (χ2v) is 7.80. The van der Waals surface area contributed by atoms with Crippen LogP contribution in [0.2, 0.25) is 0 Å². The number of amides is 2. The molecular formula is C23H30N4O4. The van der Waals surface area contributed by atoms with Crippen LogP contribution in [-0.2, 0) is 19.1 Å². The molecule has 0 saturated heterocycles. The number of anilines is 1. The first-order chi connectivity index (χ1) is 15.0. The highest BCUT2D eigenvalue weighted by Crippen LogP contribution is 2.30. The lowest BCUT2D eigenvalue weighted by Crippen LogP contribution is -2.39. The first-order valence-corrected chi connectivity index (χ1v) is 10.9. The van der Waals surface area contributed by atoms with Crippen molar-refractivity contribution < 1.29 is 19.1 Å². The molecule has 166 valence electrons. The topological polar surface area (TPSA) is 102 Å². The number of carbonyl (C=O) groups is 3. The average molecular weight is 427 g/mol. The molecule has 2 aromatic rings. The highest BCUT2D eigenvalue weighted by molar-refractivity contribution is 6.39. The van der Waals surface area contributed by atoms with Crippen molar-refractivity contribution in [2.24, 2.45) is 0 Å². The molecule has 0 aliphatic heterocycles. The van der Waals surface area contributed by atoms with Gasteiger partial charge < -0.3 is 15.4 Å². The third-order valence-corrected chi connectivity index (χ3v) is 5.58. The molecule has 1 atom stereocenters. The van der Waals surface area contributed by atoms with Gasteiger partial charge in [0.25, 0.3) is 0 Å². The summed E-state index contributed by atoms with van der Waals surface area (Å²) in [6.07, 6.45) is 7.05. The van der Waals surface area contributed by atoms with Crippen LogP contribution in [0.25, 0.3) is 0 Å². The van der Waals surface area contributed by atoms with E-state index in [0.717, 1.165) is 36.8 Å². The molecule has 0 bridgehead atoms. The van der Waals surface area contributed by atoms with Crippen molar-refractivity contribution in [3.8, 4) is 0 Å². The molecule has 1 unspecified atom stereocenters. The fraction of sp³-hybridized carbons (Fsp3) is 0.478. The number of carbonyl (C=O) groups excluding carboxylic acids is 3. The van der Waals surface area contributed by atoms with E-state index in [1.54, 1.807) is 23.9 Å². The Kier molecular flexibility index (Phi) is 7.81. The van der Waals surface area contributed by atoms with Gasteiger partial charge in [-0.3, -0.25) is 14.4 Å². The summed E-state index contributed by atoms with van der Waals surface area (Å²) in [6, 6.07) is 8.68. The van der Waals surface area contributed by atoms with Crippen molar-refractivity contribution in [1.29, 1.82) is 0 Å². The fourth-order valence-electron chi connectivity index (χ4n) is 4.03. The van der Waals surface area contributed by atoms with Crippen molar-refractivity contribution >= 4 is 23.6 Å². The second-order valence-electron chi connectivity index (χ2n) is 7.80. The standard InChI is InChI=1S/C23H30N4O4/c1-3-31-21(28)15-19(18-12-8-7-9-16(18)2)25-22(29)23(30)26-20-13-14-24-27(20)17-10-5-4-6-11-17/h7-9,12-14,17,19H,3-6,10-11,15H2,1-2H3,(H,25,29)(H,26,30). The lowest BCUT2D eigenvalue weighted by Gasteiger charge is -2.24. The van der Waals surface area contributed by atoms with Crippen LogP contribution in [0, 0.1) is 6.92 Å². The van der Waals surface area contributed by atoms with E-state index in [1.807, 2.05) is 31.2 Å². The van der Waals surface area contributed by atoms with Crippen LogP contribution in [0.4, 0.5) is 5.82 Å². The number of nitrogens with zero attached hydrogens (tertiary/aromatic N) is 2. The zero-order chi connectivity index (χ0) is 22.2. The van der Waals surface area contributed by atoms with Gasteiger partial charge in [-0.15, -0.1) is 0 Å². The van der Waals surface area contributed by atoms with Crippen LogP contribution >= 0.6 is 0 Å². The molecule has 1 saturated carbocycles. The monoisotopic (exact) mass is 426 g/mol. The number of benzene rings is 1. The Morgan fingerprint density at radius 3 is 2.58 bits per heavy atom. The zero-order valence-electron chi connectivity index (χ0n) is 18.1. The summed E-state index contributed by atoms with van der Waals surface area (Å²) in [5.41, 5.74) is 1.68. The quantitative estimate of drug-likeness (QED) is 0.522. The van der Waals surface area contributed by atoms with Crippen LogP contribution in [0.3, 0.4) is 0 Å². The molecule has 1 aromatic heterocycles. The number of nitrogens with one attached hydrogen (secondary N) is 2. The molecule has 1 heterocycles. The Bertz CT molecular complexity index is 918. The predicted octanol–water partition coefficient (Wildman–Crippen LogP) is 3.45. The number of esters is 1. The van der Waals surface area contributed by atoms with Crippen molar-refractivity contribution in [3.63, 3.8) is 0 Å². The van der Waals surface area contributed by atoms with E-state index in [0.29, 0.717) is 5.82 Å². The molecule has 1 aromatic carbocycles. The Hall–Kier alpha value is -3.16. The van der Waals surface area contributed by atoms with E-state index < -0.39 is 23.8 Å². The Labute approximate surface area is 182 Å². The lowest BCUT2D eigenvalue weighted by molar-refractivity contribution is -0.144. The average Bonchev–Trinajstić information content (AvgIpc) is 3.22. The second kappa shape index (κ2) is 10.7. The van der Waals surface area contributed by atoms with Gasteiger partial charge in [0.15, 0.2) is 0 Å². The maximum atomic E-state index is 12.7. The molecule has 0 radical (unpaired) electrons. The van der Waals surface area contributed by atoms with Gasteiger partial charge in [0.2, 0.25) is 0 Å². The van der Waals surface area contributed by atoms with Crippen LogP contribution in [0.5, 0.6) is 0 Å². The maximum Gasteiger partial charge on any atom is 0.314 e. The molecule has 8 nitrogen and oxygen atoms in total. The molecular weight excluding hydrogens is 396 g/mol. The number of hydrogen-bond acceptors (Lipinski definition) is 5. The normalized spacial score (nSPS) is 15.2. The predicted molar refractivity (Wildman–Crippen MR) is 116 cm³/mol. The molecule has 1 fully saturated rings. The molecule has 2 amide bonds. The summed E-state index contributed by atoms with van der Waals surface area (Å²) in [4.78, 5) is 37.4. The van der Waals surface area contributed by atoms with Crippen LogP contribution in [0.1, 0.15) is 68.7 Å². The number of rotatable bonds is 7. The molecule has 8 heteroatoms. The van der Waals surface area contributed by atoms with E-state index in [9.17, 15) is 14.4 Å². The summed E-state index contributed by atoms with van der Waals surface area (Å²) < 4.78 is 6.83. The van der Waals surface area contributed by atoms with E-state index in [2.05, 4.69) is 15.7 Å². The number of hydrogen-bond donors (Lipinski definition) is 2. The fourth-order valence-corrected chi connectivity index (χ4v) is 4.03. The van der Waals surface area contributed by atoms with E-state index in [1.165, 1.54) is 6.42 Å². The van der Waals surface area contributed by atoms with Gasteiger partial charge >= 0.3 is 17.8 Å². The van der Waals surface area contributed by atoms with Crippen LogP contribution < -0.4 is 10.6 Å². The highest BCUT2D eigenvalue weighted by atomic mass is 16.5. The minimum Gasteiger partial charge on any atom is -0.466 e. The minimum absolute atomic E-state index is 0.0578. The SMILES string of the molecule is CCOC(=O)CC(NC(=O)C(=O)Nc1ccnn1C1CCCCC1)c1ccccc1C. The van der Waals surface area contributed by atoms with Gasteiger partial charge in [0, 0.05) is 6.07 Å². The van der Waals surface area contributed by atoms with Crippen LogP contribution in [-0.4, -0.2) is 34.2 Å². The number of aryl methyl sites for hydroxylation is 1. The molecule has 3 rings (SSSR count). The Morgan fingerprint density at radius 1 is 1.13 bits per heavy atom. The third-order valence-electron chi connectivity index (χ3n) is 5.58. The minimum atomic E-state index is -0.811. The Morgan fingerprint density at radius 2 is 1.87 bits per heavy atom. The van der Waals surface area contributed by atoms with Gasteiger partial charge in [0.05, 0.1) is 31.3 Å². The highest BCUT2D eigenvalue weighted by Gasteiger charge is 2.25. The van der Waals surface area contributed by atoms with Crippen molar-refractivity contribution in [2.45, 2.75) is 64.5 Å². The van der Waals surface area contributed by atoms with Gasteiger partial charge in [-0.1, -0.05) is 43.5 Å². The first-order valence-electron chi connectivity index (χ1n) is 10.9. The summed E-state index contributed by atoms with van der Waals surface area (Å²) >= 11 is 0. The molecule has 2 N–H and O–H groups in total. The zero-order valence-corrected chi connectivity index (χ0v) is 18.1. The smallest absolute Gasteiger partial charge is 0.314 e. The maximum absolute atomic E-state index is 12.7. The van der Waals surface area contributed by atoms with Crippen molar-refractivity contribution in [1.82, 2.24) is 15.1 Å². The third kappa shape index (κ3) is 5.93. The van der Waals surface area contributed by atoms with E-state index in [4.69, 9.17) is 4.74 Å². The Balaban J connectivity index is 1.70. The number of ether oxygens (including phenoxy) is 1. The largest absolute Gasteiger partial charge is 0.466 e. The molecule has 1 aliphatic rings. The van der Waals surface area contributed by atoms with Gasteiger partial charge in [-0.2, -0.15) is 5.10 Å². The van der Waals surface area contributed by atoms with E-state index >= 15 is 0 Å². The summed E-state index contributed by atoms with van der Waals surface area (Å²) in [5, 5.41) is 9.71. The van der Waals surface area contributed by atoms with Gasteiger partial charge in [-0.05, 0) is 37.8 Å². The molecule has 31 heavy (non-hydrogen) atoms. The van der Waals surface area contributed by atoms with Gasteiger partial charge in [0.1, 0.15) is 5.82 Å². The summed E-state index contributed by atoms with van der Waals surface area (Å²) in [6.45, 7) is 3.86. The summed E-state index contributed by atoms with van der Waals surface area (Å²) in [5.74, 6) is -1.54. The summed E-state index contributed by atoms with van der Waals surface area (Å²) in [7, 11) is 0. The van der Waals surface area contributed by atoms with E-state index in [-0.39, 0.29) is 19.1 Å². The lowest BCUT2D eigenvalue weighted by atomic mass is 9.96. The first kappa shape index (κ1) is 22.5. The molecule has 0 spiro atoms. The van der Waals surface area contributed by atoms with Gasteiger partial charge in [-0.25, -0.2) is 4.68 Å². The number of aromatic nitrogens is 2.